The molecule has 0 saturated heterocycles. The van der Waals surface area contributed by atoms with Crippen LogP contribution in [0.4, 0.5) is 11.4 Å². The van der Waals surface area contributed by atoms with Gasteiger partial charge in [0.2, 0.25) is 0 Å². The lowest BCUT2D eigenvalue weighted by Crippen LogP contribution is -2.06. The number of hydrogen-bond acceptors (Lipinski definition) is 4. The van der Waals surface area contributed by atoms with Crippen molar-refractivity contribution in [3.05, 3.63) is 51.8 Å². The van der Waals surface area contributed by atoms with Gasteiger partial charge in [-0.25, -0.2) is 0 Å². The first-order valence-corrected chi connectivity index (χ1v) is 6.11. The van der Waals surface area contributed by atoms with Crippen LogP contribution in [0.1, 0.15) is 18.2 Å². The second kappa shape index (κ2) is 5.51. The molecule has 0 saturated carbocycles. The van der Waals surface area contributed by atoms with E-state index in [4.69, 9.17) is 0 Å². The Morgan fingerprint density at radius 2 is 2.21 bits per heavy atom. The van der Waals surface area contributed by atoms with E-state index in [1.807, 2.05) is 26.1 Å². The maximum Gasteiger partial charge on any atom is 0.269 e. The Morgan fingerprint density at radius 3 is 2.79 bits per heavy atom. The summed E-state index contributed by atoms with van der Waals surface area (Å²) >= 11 is 0. The van der Waals surface area contributed by atoms with Gasteiger partial charge in [0.05, 0.1) is 17.2 Å². The number of aromatic nitrogens is 2. The van der Waals surface area contributed by atoms with Crippen LogP contribution in [0.25, 0.3) is 0 Å². The van der Waals surface area contributed by atoms with Crippen LogP contribution >= 0.6 is 0 Å². The molecule has 0 spiro atoms. The Bertz CT molecular complexity index is 592. The van der Waals surface area contributed by atoms with E-state index in [1.54, 1.807) is 16.8 Å². The fraction of sp³-hybridized carbons (Fsp3) is 0.308. The minimum absolute atomic E-state index is 0.0977. The number of nitro benzene ring substituents is 1. The molecular weight excluding hydrogens is 244 g/mol. The second-order valence-corrected chi connectivity index (χ2v) is 4.28. The standard InChI is InChI=1S/C13H16N4O2/c1-3-14-13-5-4-12(17(18)19)8-11(13)9-16-7-6-10(2)15-16/h4-8,14H,3,9H2,1-2H3. The Labute approximate surface area is 111 Å². The molecule has 6 nitrogen and oxygen atoms in total. The van der Waals surface area contributed by atoms with E-state index < -0.39 is 0 Å². The van der Waals surface area contributed by atoms with E-state index in [2.05, 4.69) is 10.4 Å². The molecule has 1 heterocycles. The highest BCUT2D eigenvalue weighted by molar-refractivity contribution is 5.56. The van der Waals surface area contributed by atoms with E-state index >= 15 is 0 Å². The highest BCUT2D eigenvalue weighted by Crippen LogP contribution is 2.23. The first-order valence-electron chi connectivity index (χ1n) is 6.11. The molecule has 0 radical (unpaired) electrons. The lowest BCUT2D eigenvalue weighted by atomic mass is 10.1. The lowest BCUT2D eigenvalue weighted by Gasteiger charge is -2.10. The largest absolute Gasteiger partial charge is 0.385 e. The number of hydrogen-bond donors (Lipinski definition) is 1. The topological polar surface area (TPSA) is 73.0 Å². The number of aryl methyl sites for hydroxylation is 1. The van der Waals surface area contributed by atoms with Gasteiger partial charge < -0.3 is 5.32 Å². The molecule has 0 bridgehead atoms. The van der Waals surface area contributed by atoms with Crippen LogP contribution in [0, 0.1) is 17.0 Å². The molecule has 0 aliphatic heterocycles. The average Bonchev–Trinajstić information content (AvgIpc) is 2.77. The Hall–Kier alpha value is -2.37. The molecule has 1 N–H and O–H groups in total. The van der Waals surface area contributed by atoms with E-state index in [1.165, 1.54) is 6.07 Å². The third kappa shape index (κ3) is 3.09. The van der Waals surface area contributed by atoms with Crippen molar-refractivity contribution in [3.8, 4) is 0 Å². The van der Waals surface area contributed by atoms with Gasteiger partial charge >= 0.3 is 0 Å². The van der Waals surface area contributed by atoms with Gasteiger partial charge in [-0.3, -0.25) is 14.8 Å². The molecular formula is C13H16N4O2. The molecule has 1 aromatic heterocycles. The number of rotatable bonds is 5. The smallest absolute Gasteiger partial charge is 0.269 e. The van der Waals surface area contributed by atoms with Gasteiger partial charge in [-0.2, -0.15) is 5.10 Å². The summed E-state index contributed by atoms with van der Waals surface area (Å²) < 4.78 is 1.77. The van der Waals surface area contributed by atoms with Crippen molar-refractivity contribution in [3.63, 3.8) is 0 Å². The molecule has 6 heteroatoms. The van der Waals surface area contributed by atoms with Crippen molar-refractivity contribution in [1.29, 1.82) is 0 Å². The van der Waals surface area contributed by atoms with Crippen molar-refractivity contribution < 1.29 is 4.92 Å². The summed E-state index contributed by atoms with van der Waals surface area (Å²) in [6, 6.07) is 6.75. The van der Waals surface area contributed by atoms with E-state index in [0.717, 1.165) is 23.5 Å². The molecule has 0 aliphatic carbocycles. The fourth-order valence-corrected chi connectivity index (χ4v) is 1.91. The molecule has 19 heavy (non-hydrogen) atoms. The molecule has 2 rings (SSSR count). The molecule has 2 aromatic rings. The van der Waals surface area contributed by atoms with Crippen molar-refractivity contribution in [2.24, 2.45) is 0 Å². The first kappa shape index (κ1) is 13.1. The maximum absolute atomic E-state index is 10.8. The quantitative estimate of drug-likeness (QED) is 0.662. The summed E-state index contributed by atoms with van der Waals surface area (Å²) in [5.41, 5.74) is 2.79. The van der Waals surface area contributed by atoms with Gasteiger partial charge in [0.15, 0.2) is 0 Å². The summed E-state index contributed by atoms with van der Waals surface area (Å²) in [5, 5.41) is 18.3. The molecule has 0 aliphatic rings. The maximum atomic E-state index is 10.8. The lowest BCUT2D eigenvalue weighted by molar-refractivity contribution is -0.384. The van der Waals surface area contributed by atoms with Crippen molar-refractivity contribution >= 4 is 11.4 Å². The second-order valence-electron chi connectivity index (χ2n) is 4.28. The molecule has 0 amide bonds. The number of nitrogens with one attached hydrogen (secondary N) is 1. The summed E-state index contributed by atoms with van der Waals surface area (Å²) in [7, 11) is 0. The summed E-state index contributed by atoms with van der Waals surface area (Å²) in [6.07, 6.45) is 1.86. The number of anilines is 1. The predicted molar refractivity (Wildman–Crippen MR) is 73.3 cm³/mol. The third-order valence-corrected chi connectivity index (χ3v) is 2.77. The molecule has 0 fully saturated rings. The highest BCUT2D eigenvalue weighted by Gasteiger charge is 2.11. The van der Waals surface area contributed by atoms with Crippen LogP contribution in [-0.2, 0) is 6.54 Å². The average molecular weight is 260 g/mol. The number of non-ortho nitro benzene ring substituents is 1. The van der Waals surface area contributed by atoms with Crippen LogP contribution in [-0.4, -0.2) is 21.2 Å². The molecule has 100 valence electrons. The minimum atomic E-state index is -0.381. The number of nitrogens with zero attached hydrogens (tertiary/aromatic N) is 3. The van der Waals surface area contributed by atoms with Gasteiger partial charge in [0.25, 0.3) is 5.69 Å². The summed E-state index contributed by atoms with van der Waals surface area (Å²) in [5.74, 6) is 0. The van der Waals surface area contributed by atoms with Gasteiger partial charge in [-0.05, 0) is 26.0 Å². The van der Waals surface area contributed by atoms with Crippen molar-refractivity contribution in [2.45, 2.75) is 20.4 Å². The SMILES string of the molecule is CCNc1ccc([N+](=O)[O-])cc1Cn1ccc(C)n1. The van der Waals surface area contributed by atoms with Crippen LogP contribution in [0.2, 0.25) is 0 Å². The zero-order chi connectivity index (χ0) is 13.8. The van der Waals surface area contributed by atoms with E-state index in [9.17, 15) is 10.1 Å². The molecule has 0 unspecified atom stereocenters. The van der Waals surface area contributed by atoms with E-state index in [-0.39, 0.29) is 10.6 Å². The van der Waals surface area contributed by atoms with Crippen LogP contribution in [0.5, 0.6) is 0 Å². The van der Waals surface area contributed by atoms with Gasteiger partial charge in [-0.1, -0.05) is 0 Å². The minimum Gasteiger partial charge on any atom is -0.385 e. The normalized spacial score (nSPS) is 10.4. The number of benzene rings is 1. The zero-order valence-electron chi connectivity index (χ0n) is 11.0. The third-order valence-electron chi connectivity index (χ3n) is 2.77. The molecule has 0 atom stereocenters. The predicted octanol–water partition coefficient (Wildman–Crippen LogP) is 2.58. The van der Waals surface area contributed by atoms with Crippen molar-refractivity contribution in [1.82, 2.24) is 9.78 Å². The van der Waals surface area contributed by atoms with Gasteiger partial charge in [0.1, 0.15) is 0 Å². The Morgan fingerprint density at radius 1 is 1.42 bits per heavy atom. The monoisotopic (exact) mass is 260 g/mol. The van der Waals surface area contributed by atoms with Crippen molar-refractivity contribution in [2.75, 3.05) is 11.9 Å². The van der Waals surface area contributed by atoms with Gasteiger partial charge in [0, 0.05) is 36.1 Å². The van der Waals surface area contributed by atoms with E-state index in [0.29, 0.717) is 6.54 Å². The Kier molecular flexibility index (Phi) is 3.79. The van der Waals surface area contributed by atoms with Crippen LogP contribution < -0.4 is 5.32 Å². The van der Waals surface area contributed by atoms with Gasteiger partial charge in [-0.15, -0.1) is 0 Å². The number of nitro groups is 1. The fourth-order valence-electron chi connectivity index (χ4n) is 1.91. The zero-order valence-corrected chi connectivity index (χ0v) is 11.0. The first-order chi connectivity index (χ1) is 9.10. The Balaban J connectivity index is 2.34. The summed E-state index contributed by atoms with van der Waals surface area (Å²) in [6.45, 7) is 5.18. The van der Waals surface area contributed by atoms with Crippen LogP contribution in [0.15, 0.2) is 30.5 Å². The highest BCUT2D eigenvalue weighted by atomic mass is 16.6. The van der Waals surface area contributed by atoms with Crippen LogP contribution in [0.3, 0.4) is 0 Å². The summed E-state index contributed by atoms with van der Waals surface area (Å²) in [4.78, 5) is 10.5. The molecule has 1 aromatic carbocycles.